The predicted molar refractivity (Wildman–Crippen MR) is 67.2 cm³/mol. The Morgan fingerprint density at radius 2 is 2.00 bits per heavy atom. The molecule has 4 unspecified atom stereocenters. The van der Waals surface area contributed by atoms with Crippen LogP contribution in [0.25, 0.3) is 0 Å². The molecule has 18 heavy (non-hydrogen) atoms. The minimum atomic E-state index is -0.742. The number of carboxylic acid groups (broad SMARTS) is 1. The van der Waals surface area contributed by atoms with Crippen molar-refractivity contribution < 1.29 is 14.7 Å². The molecule has 2 aliphatic rings. The highest BCUT2D eigenvalue weighted by atomic mass is 16.4. The first-order chi connectivity index (χ1) is 8.49. The molecule has 5 heteroatoms. The van der Waals surface area contributed by atoms with Crippen molar-refractivity contribution in [2.24, 2.45) is 17.8 Å². The summed E-state index contributed by atoms with van der Waals surface area (Å²) in [7, 11) is 0. The molecule has 2 fully saturated rings. The molecule has 0 aromatic rings. The highest BCUT2D eigenvalue weighted by Gasteiger charge is 2.35. The van der Waals surface area contributed by atoms with Gasteiger partial charge in [0.05, 0.1) is 5.92 Å². The molecule has 0 spiro atoms. The molecule has 2 amide bonds. The van der Waals surface area contributed by atoms with Crippen molar-refractivity contribution in [3.8, 4) is 0 Å². The molecular formula is C13H22N2O3. The third-order valence-corrected chi connectivity index (χ3v) is 4.28. The molecule has 0 radical (unpaired) electrons. The van der Waals surface area contributed by atoms with Crippen LogP contribution in [0.2, 0.25) is 0 Å². The summed E-state index contributed by atoms with van der Waals surface area (Å²) in [5.41, 5.74) is 0. The maximum atomic E-state index is 12.0. The second-order valence-electron chi connectivity index (χ2n) is 5.76. The van der Waals surface area contributed by atoms with Gasteiger partial charge in [0.2, 0.25) is 0 Å². The van der Waals surface area contributed by atoms with Gasteiger partial charge < -0.3 is 15.3 Å². The van der Waals surface area contributed by atoms with Gasteiger partial charge in [-0.15, -0.1) is 0 Å². The van der Waals surface area contributed by atoms with Crippen LogP contribution in [0.15, 0.2) is 0 Å². The first-order valence-electron chi connectivity index (χ1n) is 6.76. The van der Waals surface area contributed by atoms with E-state index in [9.17, 15) is 9.59 Å². The molecule has 1 saturated carbocycles. The number of hydrogen-bond acceptors (Lipinski definition) is 2. The van der Waals surface area contributed by atoms with E-state index in [2.05, 4.69) is 12.2 Å². The van der Waals surface area contributed by atoms with Crippen LogP contribution < -0.4 is 5.32 Å². The zero-order valence-electron chi connectivity index (χ0n) is 11.1. The van der Waals surface area contributed by atoms with E-state index >= 15 is 0 Å². The number of urea groups is 1. The fraction of sp³-hybridized carbons (Fsp3) is 0.846. The van der Waals surface area contributed by atoms with E-state index in [-0.39, 0.29) is 18.0 Å². The number of amides is 2. The van der Waals surface area contributed by atoms with Gasteiger partial charge in [0, 0.05) is 19.1 Å². The fourth-order valence-corrected chi connectivity index (χ4v) is 2.70. The third kappa shape index (κ3) is 2.94. The van der Waals surface area contributed by atoms with E-state index in [4.69, 9.17) is 5.11 Å². The van der Waals surface area contributed by atoms with Gasteiger partial charge in [-0.25, -0.2) is 4.79 Å². The van der Waals surface area contributed by atoms with E-state index in [1.807, 2.05) is 6.92 Å². The molecule has 2 rings (SSSR count). The summed E-state index contributed by atoms with van der Waals surface area (Å²) in [6.45, 7) is 5.42. The molecule has 5 nitrogen and oxygen atoms in total. The van der Waals surface area contributed by atoms with Gasteiger partial charge in [-0.1, -0.05) is 6.92 Å². The SMILES string of the molecule is CC1CC1CNC(=O)N1CCC(C(=O)O)CC1C. The van der Waals surface area contributed by atoms with Gasteiger partial charge in [-0.2, -0.15) is 0 Å². The van der Waals surface area contributed by atoms with E-state index in [0.29, 0.717) is 25.3 Å². The van der Waals surface area contributed by atoms with E-state index < -0.39 is 5.97 Å². The Balaban J connectivity index is 1.78. The minimum Gasteiger partial charge on any atom is -0.481 e. The lowest BCUT2D eigenvalue weighted by atomic mass is 9.92. The normalized spacial score (nSPS) is 35.1. The van der Waals surface area contributed by atoms with Gasteiger partial charge in [-0.3, -0.25) is 4.79 Å². The Labute approximate surface area is 108 Å². The number of likely N-dealkylation sites (tertiary alicyclic amines) is 1. The van der Waals surface area contributed by atoms with Gasteiger partial charge in [0.1, 0.15) is 0 Å². The number of nitrogens with one attached hydrogen (secondary N) is 1. The second kappa shape index (κ2) is 5.16. The zero-order valence-corrected chi connectivity index (χ0v) is 11.1. The minimum absolute atomic E-state index is 0.0106. The highest BCUT2D eigenvalue weighted by molar-refractivity contribution is 5.75. The number of carboxylic acids is 1. The summed E-state index contributed by atoms with van der Waals surface area (Å²) >= 11 is 0. The zero-order chi connectivity index (χ0) is 13.3. The van der Waals surface area contributed by atoms with E-state index in [0.717, 1.165) is 12.5 Å². The maximum absolute atomic E-state index is 12.0. The number of nitrogens with zero attached hydrogens (tertiary/aromatic N) is 1. The molecule has 0 aromatic carbocycles. The van der Waals surface area contributed by atoms with Crippen molar-refractivity contribution in [3.63, 3.8) is 0 Å². The summed E-state index contributed by atoms with van der Waals surface area (Å²) in [4.78, 5) is 24.7. The van der Waals surface area contributed by atoms with Crippen LogP contribution in [-0.4, -0.2) is 41.1 Å². The fourth-order valence-electron chi connectivity index (χ4n) is 2.70. The van der Waals surface area contributed by atoms with Crippen molar-refractivity contribution in [1.82, 2.24) is 10.2 Å². The van der Waals surface area contributed by atoms with Crippen LogP contribution >= 0.6 is 0 Å². The Kier molecular flexibility index (Phi) is 3.78. The molecule has 102 valence electrons. The highest BCUT2D eigenvalue weighted by Crippen LogP contribution is 2.36. The van der Waals surface area contributed by atoms with Crippen LogP contribution in [0.4, 0.5) is 4.79 Å². The molecule has 1 aliphatic heterocycles. The van der Waals surface area contributed by atoms with Crippen molar-refractivity contribution in [3.05, 3.63) is 0 Å². The van der Waals surface area contributed by atoms with E-state index in [1.54, 1.807) is 4.90 Å². The number of carbonyl (C=O) groups excluding carboxylic acids is 1. The number of hydrogen-bond donors (Lipinski definition) is 2. The summed E-state index contributed by atoms with van der Waals surface area (Å²) in [6.07, 6.45) is 2.33. The average Bonchev–Trinajstić information content (AvgIpc) is 3.02. The first-order valence-corrected chi connectivity index (χ1v) is 6.76. The Bertz CT molecular complexity index is 345. The smallest absolute Gasteiger partial charge is 0.317 e. The number of piperidine rings is 1. The van der Waals surface area contributed by atoms with Gasteiger partial charge in [0.15, 0.2) is 0 Å². The molecule has 4 atom stereocenters. The van der Waals surface area contributed by atoms with Crippen LogP contribution in [0, 0.1) is 17.8 Å². The molecule has 0 bridgehead atoms. The average molecular weight is 254 g/mol. The monoisotopic (exact) mass is 254 g/mol. The Morgan fingerprint density at radius 1 is 1.33 bits per heavy atom. The largest absolute Gasteiger partial charge is 0.481 e. The number of aliphatic carboxylic acids is 1. The molecule has 1 aliphatic carbocycles. The molecule has 2 N–H and O–H groups in total. The second-order valence-corrected chi connectivity index (χ2v) is 5.76. The van der Waals surface area contributed by atoms with Crippen molar-refractivity contribution in [1.29, 1.82) is 0 Å². The molecule has 1 heterocycles. The summed E-state index contributed by atoms with van der Waals surface area (Å²) in [6, 6.07) is -0.0260. The molecule has 1 saturated heterocycles. The van der Waals surface area contributed by atoms with Crippen LogP contribution in [-0.2, 0) is 4.79 Å². The lowest BCUT2D eigenvalue weighted by molar-refractivity contribution is -0.143. The summed E-state index contributed by atoms with van der Waals surface area (Å²) in [5, 5.41) is 11.9. The van der Waals surface area contributed by atoms with Gasteiger partial charge in [-0.05, 0) is 38.0 Å². The Hall–Kier alpha value is -1.26. The lowest BCUT2D eigenvalue weighted by Crippen LogP contribution is -2.50. The topological polar surface area (TPSA) is 69.6 Å². The number of carbonyl (C=O) groups is 2. The van der Waals surface area contributed by atoms with Crippen molar-refractivity contribution in [2.45, 2.75) is 39.2 Å². The van der Waals surface area contributed by atoms with Crippen LogP contribution in [0.1, 0.15) is 33.1 Å². The van der Waals surface area contributed by atoms with Crippen LogP contribution in [0.3, 0.4) is 0 Å². The first kappa shape index (κ1) is 13.2. The Morgan fingerprint density at radius 3 is 2.50 bits per heavy atom. The van der Waals surface area contributed by atoms with E-state index in [1.165, 1.54) is 6.42 Å². The summed E-state index contributed by atoms with van der Waals surface area (Å²) in [5.74, 6) is 0.336. The lowest BCUT2D eigenvalue weighted by Gasteiger charge is -2.36. The quantitative estimate of drug-likeness (QED) is 0.802. The predicted octanol–water partition coefficient (Wildman–Crippen LogP) is 1.54. The van der Waals surface area contributed by atoms with Crippen molar-refractivity contribution in [2.75, 3.05) is 13.1 Å². The summed E-state index contributed by atoms with van der Waals surface area (Å²) < 4.78 is 0. The van der Waals surface area contributed by atoms with Crippen LogP contribution in [0.5, 0.6) is 0 Å². The molecule has 0 aromatic heterocycles. The van der Waals surface area contributed by atoms with Crippen molar-refractivity contribution >= 4 is 12.0 Å². The standard InChI is InChI=1S/C13H22N2O3/c1-8-5-11(8)7-14-13(18)15-4-3-10(12(16)17)6-9(15)2/h8-11H,3-7H2,1-2H3,(H,14,18)(H,16,17). The van der Waals surface area contributed by atoms with Gasteiger partial charge >= 0.3 is 12.0 Å². The third-order valence-electron chi connectivity index (χ3n) is 4.28. The van der Waals surface area contributed by atoms with Gasteiger partial charge in [0.25, 0.3) is 0 Å². The molecular weight excluding hydrogens is 232 g/mol. The number of rotatable bonds is 3. The maximum Gasteiger partial charge on any atom is 0.317 e.